The molecule has 0 unspecified atom stereocenters. The lowest BCUT2D eigenvalue weighted by molar-refractivity contribution is 0.0918. The molecule has 0 saturated carbocycles. The smallest absolute Gasteiger partial charge is 0.302 e. The van der Waals surface area contributed by atoms with E-state index in [2.05, 4.69) is 24.1 Å². The molecule has 1 heterocycles. The molecule has 1 aromatic heterocycles. The number of nitrogens with one attached hydrogen (secondary N) is 2. The van der Waals surface area contributed by atoms with E-state index in [0.29, 0.717) is 17.1 Å². The zero-order valence-corrected chi connectivity index (χ0v) is 16.3. The van der Waals surface area contributed by atoms with Crippen LogP contribution in [0.1, 0.15) is 47.9 Å². The van der Waals surface area contributed by atoms with Crippen LogP contribution in [0.5, 0.6) is 0 Å². The highest BCUT2D eigenvalue weighted by Gasteiger charge is 2.20. The van der Waals surface area contributed by atoms with Gasteiger partial charge in [-0.25, -0.2) is 8.42 Å². The summed E-state index contributed by atoms with van der Waals surface area (Å²) in [7, 11) is -3.88. The van der Waals surface area contributed by atoms with Crippen LogP contribution in [0.25, 0.3) is 11.0 Å². The number of sulfonamides is 1. The monoisotopic (exact) mass is 386 g/mol. The summed E-state index contributed by atoms with van der Waals surface area (Å²) >= 11 is 0. The third kappa shape index (κ3) is 3.89. The molecule has 3 rings (SSSR count). The summed E-state index contributed by atoms with van der Waals surface area (Å²) in [4.78, 5) is 14.6. The first-order chi connectivity index (χ1) is 12.8. The normalized spacial score (nSPS) is 12.9. The van der Waals surface area contributed by atoms with E-state index in [1.54, 1.807) is 31.2 Å². The van der Waals surface area contributed by atoms with E-state index in [0.717, 1.165) is 17.4 Å². The SMILES string of the molecule is CC[C@H](C)c1ccc(S(=O)(=O)NNC(=O)c2oc3ccccc3c2C)cc1. The standard InChI is InChI=1S/C20H22N2O4S/c1-4-13(2)15-9-11-16(12-10-15)27(24,25)22-21-20(23)19-14(3)17-7-5-6-8-18(17)26-19/h5-13,22H,4H2,1-3H3,(H,21,23)/t13-/m0/s1. The highest BCUT2D eigenvalue weighted by Crippen LogP contribution is 2.25. The number of benzene rings is 2. The predicted molar refractivity (Wildman–Crippen MR) is 104 cm³/mol. The molecule has 0 aliphatic heterocycles. The molecule has 27 heavy (non-hydrogen) atoms. The molecular weight excluding hydrogens is 364 g/mol. The van der Waals surface area contributed by atoms with Crippen LogP contribution in [-0.2, 0) is 10.0 Å². The molecule has 2 N–H and O–H groups in total. The van der Waals surface area contributed by atoms with Gasteiger partial charge in [0, 0.05) is 10.9 Å². The van der Waals surface area contributed by atoms with E-state index in [1.165, 1.54) is 12.1 Å². The van der Waals surface area contributed by atoms with Gasteiger partial charge in [-0.2, -0.15) is 0 Å². The minimum Gasteiger partial charge on any atom is -0.451 e. The number of fused-ring (bicyclic) bond motifs is 1. The van der Waals surface area contributed by atoms with E-state index >= 15 is 0 Å². The molecule has 2 aromatic carbocycles. The van der Waals surface area contributed by atoms with Crippen LogP contribution in [0.4, 0.5) is 0 Å². The fourth-order valence-electron chi connectivity index (χ4n) is 2.83. The van der Waals surface area contributed by atoms with Crippen molar-refractivity contribution in [1.29, 1.82) is 0 Å². The number of para-hydroxylation sites is 1. The number of carbonyl (C=O) groups excluding carboxylic acids is 1. The van der Waals surface area contributed by atoms with Crippen molar-refractivity contribution in [2.45, 2.75) is 38.0 Å². The second-order valence-electron chi connectivity index (χ2n) is 6.49. The highest BCUT2D eigenvalue weighted by molar-refractivity contribution is 7.89. The highest BCUT2D eigenvalue weighted by atomic mass is 32.2. The molecule has 3 aromatic rings. The van der Waals surface area contributed by atoms with Crippen LogP contribution in [0.15, 0.2) is 57.8 Å². The molecule has 0 bridgehead atoms. The van der Waals surface area contributed by atoms with Crippen LogP contribution in [-0.4, -0.2) is 14.3 Å². The van der Waals surface area contributed by atoms with Crippen molar-refractivity contribution < 1.29 is 17.6 Å². The van der Waals surface area contributed by atoms with Crippen molar-refractivity contribution in [3.8, 4) is 0 Å². The summed E-state index contributed by atoms with van der Waals surface area (Å²) in [6, 6.07) is 13.9. The molecule has 142 valence electrons. The largest absolute Gasteiger partial charge is 0.451 e. The van der Waals surface area contributed by atoms with Gasteiger partial charge < -0.3 is 4.42 Å². The van der Waals surface area contributed by atoms with Crippen molar-refractivity contribution in [2.24, 2.45) is 0 Å². The minimum atomic E-state index is -3.88. The number of rotatable bonds is 6. The summed E-state index contributed by atoms with van der Waals surface area (Å²) < 4.78 is 30.4. The Morgan fingerprint density at radius 1 is 1.11 bits per heavy atom. The Morgan fingerprint density at radius 2 is 1.78 bits per heavy atom. The molecule has 0 saturated heterocycles. The Morgan fingerprint density at radius 3 is 2.41 bits per heavy atom. The van der Waals surface area contributed by atoms with Gasteiger partial charge in [0.2, 0.25) is 0 Å². The third-order valence-corrected chi connectivity index (χ3v) is 5.98. The Bertz CT molecular complexity index is 1070. The molecule has 1 amide bonds. The van der Waals surface area contributed by atoms with E-state index in [-0.39, 0.29) is 10.7 Å². The number of amides is 1. The van der Waals surface area contributed by atoms with Gasteiger partial charge in [0.15, 0.2) is 5.76 Å². The maximum Gasteiger partial charge on any atom is 0.302 e. The second-order valence-corrected chi connectivity index (χ2v) is 8.17. The van der Waals surface area contributed by atoms with Gasteiger partial charge in [0.1, 0.15) is 5.58 Å². The molecular formula is C20H22N2O4S. The van der Waals surface area contributed by atoms with Crippen LogP contribution in [0, 0.1) is 6.92 Å². The first-order valence-corrected chi connectivity index (χ1v) is 10.2. The lowest BCUT2D eigenvalue weighted by atomic mass is 9.99. The quantitative estimate of drug-likeness (QED) is 0.629. The average Bonchev–Trinajstić information content (AvgIpc) is 3.02. The number of hydrogen-bond acceptors (Lipinski definition) is 4. The van der Waals surface area contributed by atoms with Crippen LogP contribution in [0.2, 0.25) is 0 Å². The number of hydrazine groups is 1. The first kappa shape index (κ1) is 19.1. The lowest BCUT2D eigenvalue weighted by Crippen LogP contribution is -2.41. The van der Waals surface area contributed by atoms with Crippen molar-refractivity contribution >= 4 is 26.9 Å². The molecule has 7 heteroatoms. The summed E-state index contributed by atoms with van der Waals surface area (Å²) in [6.07, 6.45) is 0.969. The van der Waals surface area contributed by atoms with Crippen molar-refractivity contribution in [3.05, 3.63) is 65.4 Å². The second kappa shape index (κ2) is 7.54. The minimum absolute atomic E-state index is 0.0750. The maximum absolute atomic E-state index is 12.4. The number of carbonyl (C=O) groups is 1. The zero-order chi connectivity index (χ0) is 19.6. The Kier molecular flexibility index (Phi) is 5.34. The summed E-state index contributed by atoms with van der Waals surface area (Å²) in [5.74, 6) is -0.222. The van der Waals surface area contributed by atoms with Crippen LogP contribution in [0.3, 0.4) is 0 Å². The summed E-state index contributed by atoms with van der Waals surface area (Å²) in [5.41, 5.74) is 4.51. The topological polar surface area (TPSA) is 88.4 Å². The molecule has 0 fully saturated rings. The van der Waals surface area contributed by atoms with Crippen molar-refractivity contribution in [3.63, 3.8) is 0 Å². The third-order valence-electron chi connectivity index (χ3n) is 4.72. The van der Waals surface area contributed by atoms with Gasteiger partial charge in [-0.15, -0.1) is 4.83 Å². The molecule has 0 spiro atoms. The Balaban J connectivity index is 1.74. The van der Waals surface area contributed by atoms with Crippen molar-refractivity contribution in [1.82, 2.24) is 10.3 Å². The van der Waals surface area contributed by atoms with E-state index in [9.17, 15) is 13.2 Å². The zero-order valence-electron chi connectivity index (χ0n) is 15.4. The average molecular weight is 386 g/mol. The molecule has 0 aliphatic carbocycles. The molecule has 0 radical (unpaired) electrons. The van der Waals surface area contributed by atoms with Gasteiger partial charge in [0.25, 0.3) is 10.0 Å². The molecule has 0 aliphatic rings. The number of aryl methyl sites for hydroxylation is 1. The van der Waals surface area contributed by atoms with Gasteiger partial charge in [0.05, 0.1) is 4.90 Å². The van der Waals surface area contributed by atoms with Gasteiger partial charge in [-0.05, 0) is 43.0 Å². The summed E-state index contributed by atoms with van der Waals surface area (Å²) in [5, 5.41) is 0.811. The van der Waals surface area contributed by atoms with E-state index < -0.39 is 15.9 Å². The maximum atomic E-state index is 12.4. The molecule has 6 nitrogen and oxygen atoms in total. The molecule has 1 atom stereocenters. The fourth-order valence-corrected chi connectivity index (χ4v) is 3.67. The number of hydrogen-bond donors (Lipinski definition) is 2. The van der Waals surface area contributed by atoms with Crippen LogP contribution >= 0.6 is 0 Å². The van der Waals surface area contributed by atoms with Crippen LogP contribution < -0.4 is 10.3 Å². The predicted octanol–water partition coefficient (Wildman–Crippen LogP) is 3.88. The summed E-state index contributed by atoms with van der Waals surface area (Å²) in [6.45, 7) is 5.91. The first-order valence-electron chi connectivity index (χ1n) is 8.73. The van der Waals surface area contributed by atoms with Gasteiger partial charge in [-0.3, -0.25) is 10.2 Å². The van der Waals surface area contributed by atoms with Crippen molar-refractivity contribution in [2.75, 3.05) is 0 Å². The Labute approximate surface area is 158 Å². The Hall–Kier alpha value is -2.64. The van der Waals surface area contributed by atoms with Gasteiger partial charge >= 0.3 is 5.91 Å². The lowest BCUT2D eigenvalue weighted by Gasteiger charge is -2.11. The van der Waals surface area contributed by atoms with E-state index in [1.807, 2.05) is 12.1 Å². The van der Waals surface area contributed by atoms with Gasteiger partial charge in [-0.1, -0.05) is 44.2 Å². The van der Waals surface area contributed by atoms with E-state index in [4.69, 9.17) is 4.42 Å². The number of furan rings is 1. The fraction of sp³-hybridized carbons (Fsp3) is 0.250.